The van der Waals surface area contributed by atoms with Gasteiger partial charge in [-0.2, -0.15) is 0 Å². The first-order valence-electron chi connectivity index (χ1n) is 8.43. The predicted molar refractivity (Wildman–Crippen MR) is 112 cm³/mol. The minimum absolute atomic E-state index is 0.309. The van der Waals surface area contributed by atoms with Gasteiger partial charge in [-0.1, -0.05) is 61.2 Å². The van der Waals surface area contributed by atoms with Crippen molar-refractivity contribution in [1.82, 2.24) is 0 Å². The summed E-state index contributed by atoms with van der Waals surface area (Å²) >= 11 is 0. The monoisotopic (exact) mass is 358 g/mol. The molecule has 3 aromatic carbocycles. The molecule has 0 saturated carbocycles. The average Bonchev–Trinajstić information content (AvgIpc) is 2.74. The largest absolute Gasteiger partial charge is 0.478 e. The number of hydrogen-bond donors (Lipinski definition) is 3. The van der Waals surface area contributed by atoms with Crippen LogP contribution < -0.4 is 5.32 Å². The molecule has 0 bridgehead atoms. The van der Waals surface area contributed by atoms with Gasteiger partial charge in [0.1, 0.15) is 0 Å². The Morgan fingerprint density at radius 3 is 1.89 bits per heavy atom. The highest BCUT2D eigenvalue weighted by Crippen LogP contribution is 2.19. The Bertz CT molecular complexity index is 899. The van der Waals surface area contributed by atoms with E-state index in [1.807, 2.05) is 42.5 Å². The number of carboxylic acids is 1. The van der Waals surface area contributed by atoms with Gasteiger partial charge < -0.3 is 15.8 Å². The Kier molecular flexibility index (Phi) is 7.08. The van der Waals surface area contributed by atoms with E-state index in [-0.39, 0.29) is 0 Å². The highest BCUT2D eigenvalue weighted by Gasteiger charge is 2.00. The average molecular weight is 358 g/mol. The summed E-state index contributed by atoms with van der Waals surface area (Å²) in [6, 6.07) is 24.7. The van der Waals surface area contributed by atoms with Gasteiger partial charge in [-0.25, -0.2) is 4.79 Å². The van der Waals surface area contributed by atoms with E-state index in [1.54, 1.807) is 37.4 Å². The lowest BCUT2D eigenvalue weighted by atomic mass is 10.0. The minimum Gasteiger partial charge on any atom is -0.478 e. The molecule has 0 unspecified atom stereocenters. The Hall–Kier alpha value is -3.66. The summed E-state index contributed by atoms with van der Waals surface area (Å²) in [4.78, 5) is 10.4. The highest BCUT2D eigenvalue weighted by molar-refractivity contribution is 6.06. The summed E-state index contributed by atoms with van der Waals surface area (Å²) < 4.78 is 0. The molecule has 0 aliphatic carbocycles. The molecule has 0 aromatic heterocycles. The smallest absolute Gasteiger partial charge is 0.335 e. The zero-order valence-corrected chi connectivity index (χ0v) is 15.1. The third-order valence-electron chi connectivity index (χ3n) is 3.93. The third kappa shape index (κ3) is 5.68. The summed E-state index contributed by atoms with van der Waals surface area (Å²) in [5.74, 6) is -0.896. The lowest BCUT2D eigenvalue weighted by Crippen LogP contribution is -1.96. The summed E-state index contributed by atoms with van der Waals surface area (Å²) in [5.41, 5.74) is 4.94. The van der Waals surface area contributed by atoms with E-state index in [1.165, 1.54) is 11.1 Å². The van der Waals surface area contributed by atoms with Gasteiger partial charge >= 0.3 is 5.97 Å². The summed E-state index contributed by atoms with van der Waals surface area (Å²) in [6.07, 6.45) is 1.55. The molecule has 0 spiro atoms. The molecule has 3 N–H and O–H groups in total. The van der Waals surface area contributed by atoms with Crippen LogP contribution in [-0.2, 0) is 0 Å². The number of rotatable bonds is 5. The number of nitrogens with one attached hydrogen (secondary N) is 2. The van der Waals surface area contributed by atoms with Crippen LogP contribution in [0.4, 0.5) is 5.69 Å². The van der Waals surface area contributed by atoms with Crippen molar-refractivity contribution in [3.8, 4) is 11.1 Å². The van der Waals surface area contributed by atoms with Gasteiger partial charge in [0.25, 0.3) is 0 Å². The van der Waals surface area contributed by atoms with Crippen LogP contribution >= 0.6 is 0 Å². The highest BCUT2D eigenvalue weighted by atomic mass is 16.4. The van der Waals surface area contributed by atoms with Gasteiger partial charge in [-0.15, -0.1) is 0 Å². The third-order valence-corrected chi connectivity index (χ3v) is 3.93. The van der Waals surface area contributed by atoms with Crippen LogP contribution in [0.15, 0.2) is 91.5 Å². The van der Waals surface area contributed by atoms with Gasteiger partial charge in [0.15, 0.2) is 0 Å². The molecule has 27 heavy (non-hydrogen) atoms. The van der Waals surface area contributed by atoms with Gasteiger partial charge in [0.05, 0.1) is 11.3 Å². The molecule has 3 rings (SSSR count). The van der Waals surface area contributed by atoms with Crippen molar-refractivity contribution in [2.45, 2.75) is 0 Å². The maximum atomic E-state index is 10.4. The fraction of sp³-hybridized carbons (Fsp3) is 0.0435. The van der Waals surface area contributed by atoms with Gasteiger partial charge in [-0.3, -0.25) is 0 Å². The van der Waals surface area contributed by atoms with E-state index in [9.17, 15) is 4.79 Å². The van der Waals surface area contributed by atoms with Crippen molar-refractivity contribution in [2.24, 2.45) is 0 Å². The standard InChI is InChI=1S/C15H13N.C8H9NO2/c1-2-15(16)14-10-8-13(9-11-14)12-6-4-3-5-7-12;1-9-7-4-2-6(3-5-7)8(10)11/h2-11,16H,1H2;2-5,9H,1H3,(H,10,11). The number of benzene rings is 3. The van der Waals surface area contributed by atoms with Crippen LogP contribution in [-0.4, -0.2) is 23.8 Å². The quantitative estimate of drug-likeness (QED) is 0.539. The fourth-order valence-corrected chi connectivity index (χ4v) is 2.37. The first-order chi connectivity index (χ1) is 13.0. The van der Waals surface area contributed by atoms with Gasteiger partial charge in [0.2, 0.25) is 0 Å². The van der Waals surface area contributed by atoms with E-state index < -0.39 is 5.97 Å². The van der Waals surface area contributed by atoms with Crippen LogP contribution in [0.1, 0.15) is 15.9 Å². The first kappa shape index (κ1) is 19.7. The minimum atomic E-state index is -0.896. The van der Waals surface area contributed by atoms with Crippen molar-refractivity contribution >= 4 is 17.4 Å². The molecule has 0 amide bonds. The zero-order valence-electron chi connectivity index (χ0n) is 15.1. The lowest BCUT2D eigenvalue weighted by molar-refractivity contribution is 0.0697. The van der Waals surface area contributed by atoms with Gasteiger partial charge in [0, 0.05) is 12.7 Å². The van der Waals surface area contributed by atoms with Crippen molar-refractivity contribution in [3.05, 3.63) is 103 Å². The van der Waals surface area contributed by atoms with Crippen molar-refractivity contribution in [1.29, 1.82) is 5.41 Å². The molecule has 3 aromatic rings. The van der Waals surface area contributed by atoms with Crippen LogP contribution in [0, 0.1) is 5.41 Å². The summed E-state index contributed by atoms with van der Waals surface area (Å²) in [6.45, 7) is 3.59. The van der Waals surface area contributed by atoms with Crippen LogP contribution in [0.25, 0.3) is 11.1 Å². The van der Waals surface area contributed by atoms with Crippen molar-refractivity contribution in [3.63, 3.8) is 0 Å². The molecule has 0 aliphatic rings. The fourth-order valence-electron chi connectivity index (χ4n) is 2.37. The molecule has 4 heteroatoms. The van der Waals surface area contributed by atoms with Crippen molar-refractivity contribution < 1.29 is 9.90 Å². The molecule has 136 valence electrons. The normalized spacial score (nSPS) is 9.52. The molecule has 0 fully saturated rings. The molecule has 4 nitrogen and oxygen atoms in total. The van der Waals surface area contributed by atoms with Crippen LogP contribution in [0.5, 0.6) is 0 Å². The summed E-state index contributed by atoms with van der Waals surface area (Å²) in [7, 11) is 1.79. The summed E-state index contributed by atoms with van der Waals surface area (Å²) in [5, 5.41) is 19.1. The van der Waals surface area contributed by atoms with E-state index in [0.717, 1.165) is 11.3 Å². The molecular formula is C23H22N2O2. The maximum absolute atomic E-state index is 10.4. The van der Waals surface area contributed by atoms with Crippen molar-refractivity contribution in [2.75, 3.05) is 12.4 Å². The second-order valence-electron chi connectivity index (χ2n) is 5.69. The number of carbonyl (C=O) groups is 1. The number of allylic oxidation sites excluding steroid dienone is 1. The molecule has 0 aliphatic heterocycles. The number of hydrogen-bond acceptors (Lipinski definition) is 3. The van der Waals surface area contributed by atoms with E-state index in [4.69, 9.17) is 10.5 Å². The van der Waals surface area contributed by atoms with E-state index in [0.29, 0.717) is 11.3 Å². The predicted octanol–water partition coefficient (Wildman–Crippen LogP) is 5.33. The Morgan fingerprint density at radius 1 is 0.889 bits per heavy atom. The van der Waals surface area contributed by atoms with E-state index >= 15 is 0 Å². The molecular weight excluding hydrogens is 336 g/mol. The molecule has 0 heterocycles. The molecule has 0 atom stereocenters. The zero-order chi connectivity index (χ0) is 19.6. The number of anilines is 1. The Balaban J connectivity index is 0.000000208. The SMILES string of the molecule is C=CC(=N)c1ccc(-c2ccccc2)cc1.CNc1ccc(C(=O)O)cc1. The second kappa shape index (κ2) is 9.73. The second-order valence-corrected chi connectivity index (χ2v) is 5.69. The topological polar surface area (TPSA) is 73.2 Å². The number of carboxylic acid groups (broad SMARTS) is 1. The van der Waals surface area contributed by atoms with Crippen LogP contribution in [0.3, 0.4) is 0 Å². The molecule has 0 radical (unpaired) electrons. The molecule has 0 saturated heterocycles. The van der Waals surface area contributed by atoms with Crippen LogP contribution in [0.2, 0.25) is 0 Å². The van der Waals surface area contributed by atoms with Gasteiger partial charge in [-0.05, 0) is 47.0 Å². The first-order valence-corrected chi connectivity index (χ1v) is 8.43. The maximum Gasteiger partial charge on any atom is 0.335 e. The Labute approximate surface area is 159 Å². The van der Waals surface area contributed by atoms with E-state index in [2.05, 4.69) is 24.0 Å². The number of aromatic carboxylic acids is 1. The lowest BCUT2D eigenvalue weighted by Gasteiger charge is -2.03. The Morgan fingerprint density at radius 2 is 1.41 bits per heavy atom.